The highest BCUT2D eigenvalue weighted by Gasteiger charge is 2.34. The highest BCUT2D eigenvalue weighted by molar-refractivity contribution is 7.89. The number of sulfonamides is 1. The first-order valence-electron chi connectivity index (χ1n) is 10.0. The first kappa shape index (κ1) is 22.1. The largest absolute Gasteiger partial charge is 0.339 e. The molecule has 2 fully saturated rings. The van der Waals surface area contributed by atoms with Gasteiger partial charge in [0.15, 0.2) is 0 Å². The van der Waals surface area contributed by atoms with Crippen LogP contribution in [0.4, 0.5) is 8.78 Å². The number of benzene rings is 1. The second-order valence-corrected chi connectivity index (χ2v) is 9.70. The maximum absolute atomic E-state index is 13.9. The van der Waals surface area contributed by atoms with Crippen molar-refractivity contribution in [3.8, 4) is 0 Å². The summed E-state index contributed by atoms with van der Waals surface area (Å²) in [7, 11) is -3.25. The number of hydrogen-bond acceptors (Lipinski definition) is 5. The first-order chi connectivity index (χ1) is 13.8. The topological polar surface area (TPSA) is 90.5 Å². The molecule has 29 heavy (non-hydrogen) atoms. The average Bonchev–Trinajstić information content (AvgIpc) is 3.14. The zero-order valence-corrected chi connectivity index (χ0v) is 17.3. The lowest BCUT2D eigenvalue weighted by atomic mass is 9.97. The van der Waals surface area contributed by atoms with Crippen molar-refractivity contribution in [2.45, 2.75) is 51.2 Å². The monoisotopic (exact) mass is 430 g/mol. The summed E-state index contributed by atoms with van der Waals surface area (Å²) >= 11 is 0. The van der Waals surface area contributed by atoms with Crippen LogP contribution in [0.2, 0.25) is 0 Å². The number of rotatable bonds is 7. The lowest BCUT2D eigenvalue weighted by molar-refractivity contribution is -0.127. The molecule has 0 aliphatic carbocycles. The quantitative estimate of drug-likeness (QED) is 0.614. The highest BCUT2D eigenvalue weighted by Crippen LogP contribution is 2.27. The Bertz CT molecular complexity index is 808. The summed E-state index contributed by atoms with van der Waals surface area (Å²) in [4.78, 5) is 12.6. The molecule has 0 saturated carbocycles. The number of nitrogens with one attached hydrogen (secondary N) is 3. The Morgan fingerprint density at radius 2 is 1.86 bits per heavy atom. The molecule has 2 aliphatic heterocycles. The molecule has 3 N–H and O–H groups in total. The highest BCUT2D eigenvalue weighted by atomic mass is 32.2. The molecule has 0 aromatic heterocycles. The summed E-state index contributed by atoms with van der Waals surface area (Å²) in [5, 5.41) is 2.85. The maximum atomic E-state index is 13.9. The van der Waals surface area contributed by atoms with E-state index >= 15 is 0 Å². The van der Waals surface area contributed by atoms with Gasteiger partial charge in [0.25, 0.3) is 0 Å². The minimum absolute atomic E-state index is 0.0534. The molecule has 2 atom stereocenters. The Labute approximate surface area is 170 Å². The van der Waals surface area contributed by atoms with Crippen LogP contribution >= 0.6 is 0 Å². The summed E-state index contributed by atoms with van der Waals surface area (Å²) < 4.78 is 53.9. The standard InChI is InChI=1S/C19H28F2N4O3S/c1-2-3-11-29(27,28)25-9-7-13(8-10-25)19(26)22-17-12-16(23-24-17)18-14(20)5-4-6-15(18)21/h4-6,13,16-17,23-24H,2-3,7-12H2,1H3,(H,22,26). The number of piperidine rings is 1. The van der Waals surface area contributed by atoms with Crippen LogP contribution in [0, 0.1) is 17.6 Å². The fourth-order valence-corrected chi connectivity index (χ4v) is 5.50. The van der Waals surface area contributed by atoms with Gasteiger partial charge in [0.1, 0.15) is 11.6 Å². The van der Waals surface area contributed by atoms with E-state index in [2.05, 4.69) is 16.2 Å². The van der Waals surface area contributed by atoms with Gasteiger partial charge in [-0.1, -0.05) is 19.4 Å². The van der Waals surface area contributed by atoms with Gasteiger partial charge in [0.05, 0.1) is 18.0 Å². The van der Waals surface area contributed by atoms with Crippen LogP contribution in [0.15, 0.2) is 18.2 Å². The number of unbranched alkanes of at least 4 members (excludes halogenated alkanes) is 1. The van der Waals surface area contributed by atoms with Crippen LogP contribution in [-0.2, 0) is 14.8 Å². The molecule has 1 aromatic rings. The molecule has 2 aliphatic rings. The van der Waals surface area contributed by atoms with Gasteiger partial charge >= 0.3 is 0 Å². The van der Waals surface area contributed by atoms with E-state index in [1.807, 2.05) is 6.92 Å². The van der Waals surface area contributed by atoms with E-state index in [0.717, 1.165) is 6.42 Å². The number of hydrogen-bond donors (Lipinski definition) is 3. The van der Waals surface area contributed by atoms with Crippen LogP contribution in [0.3, 0.4) is 0 Å². The molecule has 0 spiro atoms. The normalized spacial score (nSPS) is 24.0. The molecule has 1 aromatic carbocycles. The van der Waals surface area contributed by atoms with Gasteiger partial charge in [0, 0.05) is 31.0 Å². The SMILES string of the molecule is CCCCS(=O)(=O)N1CCC(C(=O)NC2CC(c3c(F)cccc3F)NN2)CC1. The number of carbonyl (C=O) groups excluding carboxylic acids is 1. The number of hydrazine groups is 1. The molecule has 3 rings (SSSR count). The van der Waals surface area contributed by atoms with Crippen molar-refractivity contribution in [2.75, 3.05) is 18.8 Å². The van der Waals surface area contributed by atoms with E-state index in [4.69, 9.17) is 0 Å². The van der Waals surface area contributed by atoms with Crippen LogP contribution in [0.25, 0.3) is 0 Å². The smallest absolute Gasteiger partial charge is 0.224 e. The Kier molecular flexibility index (Phi) is 7.20. The van der Waals surface area contributed by atoms with Crippen molar-refractivity contribution in [3.05, 3.63) is 35.4 Å². The first-order valence-corrected chi connectivity index (χ1v) is 11.7. The predicted molar refractivity (Wildman–Crippen MR) is 105 cm³/mol. The Balaban J connectivity index is 1.50. The van der Waals surface area contributed by atoms with Crippen molar-refractivity contribution in [2.24, 2.45) is 5.92 Å². The third-order valence-electron chi connectivity index (χ3n) is 5.54. The van der Waals surface area contributed by atoms with Gasteiger partial charge in [0.2, 0.25) is 15.9 Å². The average molecular weight is 431 g/mol. The summed E-state index contributed by atoms with van der Waals surface area (Å²) in [5.41, 5.74) is 5.64. The number of nitrogens with zero attached hydrogens (tertiary/aromatic N) is 1. The van der Waals surface area contributed by atoms with E-state index in [1.165, 1.54) is 22.5 Å². The summed E-state index contributed by atoms with van der Waals surface area (Å²) in [6.07, 6.45) is 2.21. The Morgan fingerprint density at radius 3 is 2.48 bits per heavy atom. The van der Waals surface area contributed by atoms with Crippen LogP contribution in [0.1, 0.15) is 50.6 Å². The van der Waals surface area contributed by atoms with E-state index < -0.39 is 33.9 Å². The van der Waals surface area contributed by atoms with Gasteiger partial charge in [-0.05, 0) is 31.4 Å². The summed E-state index contributed by atoms with van der Waals surface area (Å²) in [6.45, 7) is 2.62. The fourth-order valence-electron chi connectivity index (χ4n) is 3.82. The molecule has 0 bridgehead atoms. The lowest BCUT2D eigenvalue weighted by Gasteiger charge is -2.31. The third kappa shape index (κ3) is 5.30. The molecular weight excluding hydrogens is 402 g/mol. The van der Waals surface area contributed by atoms with Crippen molar-refractivity contribution in [1.82, 2.24) is 20.5 Å². The van der Waals surface area contributed by atoms with E-state index in [1.54, 1.807) is 0 Å². The van der Waals surface area contributed by atoms with Gasteiger partial charge in [-0.2, -0.15) is 0 Å². The van der Waals surface area contributed by atoms with E-state index in [-0.39, 0.29) is 23.1 Å². The Morgan fingerprint density at radius 1 is 1.21 bits per heavy atom. The zero-order valence-electron chi connectivity index (χ0n) is 16.5. The molecule has 10 heteroatoms. The second-order valence-electron chi connectivity index (χ2n) is 7.62. The molecule has 1 amide bonds. The number of halogens is 2. The molecule has 7 nitrogen and oxygen atoms in total. The van der Waals surface area contributed by atoms with Gasteiger partial charge in [-0.15, -0.1) is 0 Å². The van der Waals surface area contributed by atoms with Crippen LogP contribution < -0.4 is 16.2 Å². The van der Waals surface area contributed by atoms with E-state index in [9.17, 15) is 22.0 Å². The molecule has 2 unspecified atom stereocenters. The van der Waals surface area contributed by atoms with Crippen LogP contribution in [0.5, 0.6) is 0 Å². The van der Waals surface area contributed by atoms with Crippen molar-refractivity contribution in [3.63, 3.8) is 0 Å². The van der Waals surface area contributed by atoms with Crippen molar-refractivity contribution < 1.29 is 22.0 Å². The minimum atomic E-state index is -3.25. The molecular formula is C19H28F2N4O3S. The van der Waals surface area contributed by atoms with Crippen molar-refractivity contribution in [1.29, 1.82) is 0 Å². The molecule has 162 valence electrons. The summed E-state index contributed by atoms with van der Waals surface area (Å²) in [6, 6.07) is 3.12. The summed E-state index contributed by atoms with van der Waals surface area (Å²) in [5.74, 6) is -1.57. The number of carbonyl (C=O) groups is 1. The third-order valence-corrected chi connectivity index (χ3v) is 7.50. The predicted octanol–water partition coefficient (Wildman–Crippen LogP) is 1.79. The van der Waals surface area contributed by atoms with Crippen LogP contribution in [-0.4, -0.2) is 43.6 Å². The Hall–Kier alpha value is -1.62. The van der Waals surface area contributed by atoms with Gasteiger partial charge in [-0.3, -0.25) is 4.79 Å². The fraction of sp³-hybridized carbons (Fsp3) is 0.632. The van der Waals surface area contributed by atoms with Gasteiger partial charge in [-0.25, -0.2) is 32.4 Å². The zero-order chi connectivity index (χ0) is 21.0. The number of amides is 1. The molecule has 2 saturated heterocycles. The van der Waals surface area contributed by atoms with Crippen molar-refractivity contribution >= 4 is 15.9 Å². The maximum Gasteiger partial charge on any atom is 0.224 e. The molecule has 0 radical (unpaired) electrons. The minimum Gasteiger partial charge on any atom is -0.339 e. The van der Waals surface area contributed by atoms with Gasteiger partial charge < -0.3 is 5.32 Å². The molecule has 2 heterocycles. The lowest BCUT2D eigenvalue weighted by Crippen LogP contribution is -2.49. The van der Waals surface area contributed by atoms with E-state index in [0.29, 0.717) is 38.8 Å². The second kappa shape index (κ2) is 9.46.